The zero-order valence-corrected chi connectivity index (χ0v) is 12.8. The maximum atomic E-state index is 13.5. The maximum absolute atomic E-state index is 13.5. The van der Waals surface area contributed by atoms with Crippen LogP contribution >= 0.6 is 15.9 Å². The van der Waals surface area contributed by atoms with Gasteiger partial charge in [-0.05, 0) is 30.3 Å². The van der Waals surface area contributed by atoms with Crippen LogP contribution in [0.5, 0.6) is 0 Å². The fourth-order valence-electron chi connectivity index (χ4n) is 1.66. The molecule has 0 saturated heterocycles. The zero-order valence-electron chi connectivity index (χ0n) is 10.4. The van der Waals surface area contributed by atoms with Gasteiger partial charge in [-0.2, -0.15) is 0 Å². The van der Waals surface area contributed by atoms with Gasteiger partial charge in [0, 0.05) is 4.47 Å². The Morgan fingerprint density at radius 3 is 2.48 bits per heavy atom. The zero-order chi connectivity index (χ0) is 15.6. The first-order valence-electron chi connectivity index (χ1n) is 5.61. The SMILES string of the molecule is O=C(O)c1c(F)cccc1NS(=O)(=O)c1cccc(Br)c1. The molecule has 0 aliphatic rings. The Balaban J connectivity index is 2.47. The van der Waals surface area contributed by atoms with E-state index in [-0.39, 0.29) is 10.6 Å². The van der Waals surface area contributed by atoms with Gasteiger partial charge >= 0.3 is 5.97 Å². The molecule has 0 aliphatic heterocycles. The summed E-state index contributed by atoms with van der Waals surface area (Å²) < 4.78 is 40.5. The average Bonchev–Trinajstić information content (AvgIpc) is 2.37. The van der Waals surface area contributed by atoms with Gasteiger partial charge in [-0.25, -0.2) is 17.6 Å². The van der Waals surface area contributed by atoms with Crippen molar-refractivity contribution in [3.05, 3.63) is 58.3 Å². The summed E-state index contributed by atoms with van der Waals surface area (Å²) in [6.07, 6.45) is 0. The number of carboxylic acids is 1. The lowest BCUT2D eigenvalue weighted by atomic mass is 10.2. The van der Waals surface area contributed by atoms with Crippen LogP contribution in [-0.4, -0.2) is 19.5 Å². The van der Waals surface area contributed by atoms with Gasteiger partial charge in [0.1, 0.15) is 11.4 Å². The van der Waals surface area contributed by atoms with Gasteiger partial charge in [-0.3, -0.25) is 4.72 Å². The van der Waals surface area contributed by atoms with Gasteiger partial charge in [0.2, 0.25) is 0 Å². The number of rotatable bonds is 4. The number of anilines is 1. The summed E-state index contributed by atoms with van der Waals surface area (Å²) in [6.45, 7) is 0. The topological polar surface area (TPSA) is 83.5 Å². The van der Waals surface area contributed by atoms with Crippen LogP contribution in [0.3, 0.4) is 0 Å². The van der Waals surface area contributed by atoms with Gasteiger partial charge in [-0.15, -0.1) is 0 Å². The third-order valence-corrected chi connectivity index (χ3v) is 4.43. The Morgan fingerprint density at radius 1 is 1.19 bits per heavy atom. The summed E-state index contributed by atoms with van der Waals surface area (Å²) in [5.41, 5.74) is -1.06. The summed E-state index contributed by atoms with van der Waals surface area (Å²) in [6, 6.07) is 9.20. The predicted octanol–water partition coefficient (Wildman–Crippen LogP) is 3.09. The smallest absolute Gasteiger partial charge is 0.340 e. The first-order valence-corrected chi connectivity index (χ1v) is 7.89. The molecule has 2 rings (SSSR count). The molecule has 21 heavy (non-hydrogen) atoms. The first-order chi connectivity index (χ1) is 9.81. The van der Waals surface area contributed by atoms with Gasteiger partial charge in [0.05, 0.1) is 10.6 Å². The van der Waals surface area contributed by atoms with Crippen molar-refractivity contribution in [2.45, 2.75) is 4.90 Å². The number of carbonyl (C=O) groups is 1. The predicted molar refractivity (Wildman–Crippen MR) is 78.3 cm³/mol. The molecule has 0 amide bonds. The minimum Gasteiger partial charge on any atom is -0.478 e. The quantitative estimate of drug-likeness (QED) is 0.862. The van der Waals surface area contributed by atoms with Crippen LogP contribution in [0.25, 0.3) is 0 Å². The fourth-order valence-corrected chi connectivity index (χ4v) is 3.33. The van der Waals surface area contributed by atoms with Gasteiger partial charge in [0.15, 0.2) is 0 Å². The lowest BCUT2D eigenvalue weighted by Crippen LogP contribution is -2.16. The van der Waals surface area contributed by atoms with E-state index in [2.05, 4.69) is 20.7 Å². The van der Waals surface area contributed by atoms with E-state index in [9.17, 15) is 17.6 Å². The first kappa shape index (κ1) is 15.5. The number of carboxylic acid groups (broad SMARTS) is 1. The van der Waals surface area contributed by atoms with E-state index in [4.69, 9.17) is 5.11 Å². The van der Waals surface area contributed by atoms with Crippen molar-refractivity contribution in [2.24, 2.45) is 0 Å². The standard InChI is InChI=1S/C13H9BrFNO4S/c14-8-3-1-4-9(7-8)21(19,20)16-11-6-2-5-10(15)12(11)13(17)18/h1-7,16H,(H,17,18). The molecular formula is C13H9BrFNO4S. The molecule has 0 heterocycles. The third kappa shape index (κ3) is 3.40. The van der Waals surface area contributed by atoms with Crippen LogP contribution in [0, 0.1) is 5.82 Å². The second-order valence-corrected chi connectivity index (χ2v) is 6.63. The molecule has 0 fully saturated rings. The minimum absolute atomic E-state index is 0.0718. The van der Waals surface area contributed by atoms with Crippen LogP contribution in [0.1, 0.15) is 10.4 Å². The molecule has 5 nitrogen and oxygen atoms in total. The molecule has 0 aliphatic carbocycles. The molecule has 2 aromatic carbocycles. The number of hydrogen-bond donors (Lipinski definition) is 2. The van der Waals surface area contributed by atoms with Crippen LogP contribution in [-0.2, 0) is 10.0 Å². The highest BCUT2D eigenvalue weighted by atomic mass is 79.9. The summed E-state index contributed by atoms with van der Waals surface area (Å²) in [5.74, 6) is -2.57. The van der Waals surface area contributed by atoms with Crippen LogP contribution < -0.4 is 4.72 Å². The van der Waals surface area contributed by atoms with E-state index < -0.39 is 27.4 Å². The van der Waals surface area contributed by atoms with Crippen molar-refractivity contribution in [3.63, 3.8) is 0 Å². The lowest BCUT2D eigenvalue weighted by Gasteiger charge is -2.11. The van der Waals surface area contributed by atoms with Crippen LogP contribution in [0.4, 0.5) is 10.1 Å². The van der Waals surface area contributed by atoms with Crippen molar-refractivity contribution >= 4 is 37.6 Å². The van der Waals surface area contributed by atoms with E-state index in [0.717, 1.165) is 6.07 Å². The van der Waals surface area contributed by atoms with E-state index in [1.54, 1.807) is 6.07 Å². The Hall–Kier alpha value is -1.93. The van der Waals surface area contributed by atoms with Crippen molar-refractivity contribution < 1.29 is 22.7 Å². The molecule has 0 saturated carbocycles. The summed E-state index contributed by atoms with van der Waals surface area (Å²) in [5, 5.41) is 8.98. The number of benzene rings is 2. The normalized spacial score (nSPS) is 11.1. The van der Waals surface area contributed by atoms with Gasteiger partial charge in [0.25, 0.3) is 10.0 Å². The molecular weight excluding hydrogens is 365 g/mol. The highest BCUT2D eigenvalue weighted by Crippen LogP contribution is 2.23. The molecule has 0 unspecified atom stereocenters. The highest BCUT2D eigenvalue weighted by Gasteiger charge is 2.21. The van der Waals surface area contributed by atoms with Crippen molar-refractivity contribution in [3.8, 4) is 0 Å². The number of sulfonamides is 1. The average molecular weight is 374 g/mol. The van der Waals surface area contributed by atoms with Crippen molar-refractivity contribution in [1.82, 2.24) is 0 Å². The Morgan fingerprint density at radius 2 is 1.86 bits per heavy atom. The van der Waals surface area contributed by atoms with Crippen molar-refractivity contribution in [2.75, 3.05) is 4.72 Å². The molecule has 0 aromatic heterocycles. The Labute approximate surface area is 128 Å². The molecule has 110 valence electrons. The number of hydrogen-bond acceptors (Lipinski definition) is 3. The molecule has 2 N–H and O–H groups in total. The lowest BCUT2D eigenvalue weighted by molar-refractivity contribution is 0.0693. The Bertz CT molecular complexity index is 808. The van der Waals surface area contributed by atoms with E-state index in [0.29, 0.717) is 4.47 Å². The van der Waals surface area contributed by atoms with E-state index in [1.807, 2.05) is 0 Å². The minimum atomic E-state index is -4.02. The van der Waals surface area contributed by atoms with Crippen LogP contribution in [0.2, 0.25) is 0 Å². The second-order valence-electron chi connectivity index (χ2n) is 4.03. The molecule has 0 radical (unpaired) electrons. The maximum Gasteiger partial charge on any atom is 0.340 e. The van der Waals surface area contributed by atoms with Gasteiger partial charge < -0.3 is 5.11 Å². The number of halogens is 2. The Kier molecular flexibility index (Phi) is 4.29. The molecule has 0 spiro atoms. The summed E-state index contributed by atoms with van der Waals surface area (Å²) in [7, 11) is -4.02. The van der Waals surface area contributed by atoms with Crippen molar-refractivity contribution in [1.29, 1.82) is 0 Å². The fraction of sp³-hybridized carbons (Fsp3) is 0. The monoisotopic (exact) mass is 373 g/mol. The summed E-state index contributed by atoms with van der Waals surface area (Å²) >= 11 is 3.14. The van der Waals surface area contributed by atoms with E-state index >= 15 is 0 Å². The molecule has 0 bridgehead atoms. The highest BCUT2D eigenvalue weighted by molar-refractivity contribution is 9.10. The van der Waals surface area contributed by atoms with E-state index in [1.165, 1.54) is 30.3 Å². The number of nitrogens with one attached hydrogen (secondary N) is 1. The second kappa shape index (κ2) is 5.82. The number of aromatic carboxylic acids is 1. The molecule has 8 heteroatoms. The molecule has 2 aromatic rings. The van der Waals surface area contributed by atoms with Gasteiger partial charge in [-0.1, -0.05) is 28.1 Å². The summed E-state index contributed by atoms with van der Waals surface area (Å²) in [4.78, 5) is 11.0. The van der Waals surface area contributed by atoms with Crippen LogP contribution in [0.15, 0.2) is 51.8 Å². The largest absolute Gasteiger partial charge is 0.478 e. The molecule has 0 atom stereocenters. The third-order valence-electron chi connectivity index (χ3n) is 2.58.